The zero-order chi connectivity index (χ0) is 18.5. The van der Waals surface area contributed by atoms with Crippen molar-refractivity contribution in [3.05, 3.63) is 53.6 Å². The molecule has 26 heavy (non-hydrogen) atoms. The molecule has 5 nitrogen and oxygen atoms in total. The number of methoxy groups -OCH3 is 2. The Labute approximate surface area is 155 Å². The Kier molecular flexibility index (Phi) is 6.01. The van der Waals surface area contributed by atoms with Crippen LogP contribution in [0, 0.1) is 5.92 Å². The maximum Gasteiger partial charge on any atom is 0.145 e. The van der Waals surface area contributed by atoms with Crippen molar-refractivity contribution >= 4 is 5.69 Å². The van der Waals surface area contributed by atoms with Gasteiger partial charge in [0.15, 0.2) is 0 Å². The van der Waals surface area contributed by atoms with Crippen molar-refractivity contribution in [3.63, 3.8) is 0 Å². The van der Waals surface area contributed by atoms with Crippen LogP contribution in [0.1, 0.15) is 17.5 Å². The lowest BCUT2D eigenvalue weighted by Gasteiger charge is -2.36. The number of likely N-dealkylation sites (tertiary alicyclic amines) is 1. The molecule has 0 aliphatic carbocycles. The van der Waals surface area contributed by atoms with Gasteiger partial charge in [-0.15, -0.1) is 0 Å². The van der Waals surface area contributed by atoms with Crippen LogP contribution in [-0.4, -0.2) is 43.4 Å². The molecule has 5 heteroatoms. The zero-order valence-corrected chi connectivity index (χ0v) is 15.5. The fourth-order valence-electron chi connectivity index (χ4n) is 3.71. The van der Waals surface area contributed by atoms with E-state index in [1.807, 2.05) is 18.2 Å². The standard InChI is InChI=1S/C21H28N2O3/c1-25-20-12-21(26-2)18(22)11-16(20)10-17-14-23(9-8-19(17)24)13-15-6-4-3-5-7-15/h3-7,11-12,17,19,24H,8-10,13-14,22H2,1-2H3. The molecule has 0 bridgehead atoms. The molecule has 0 saturated carbocycles. The number of hydrogen-bond acceptors (Lipinski definition) is 5. The van der Waals surface area contributed by atoms with E-state index in [4.69, 9.17) is 15.2 Å². The average molecular weight is 356 g/mol. The summed E-state index contributed by atoms with van der Waals surface area (Å²) in [5, 5.41) is 10.5. The van der Waals surface area contributed by atoms with Crippen LogP contribution in [0.25, 0.3) is 0 Å². The van der Waals surface area contributed by atoms with Crippen LogP contribution in [0.2, 0.25) is 0 Å². The third kappa shape index (κ3) is 4.29. The number of aliphatic hydroxyl groups is 1. The van der Waals surface area contributed by atoms with Gasteiger partial charge in [-0.25, -0.2) is 0 Å². The molecule has 140 valence electrons. The fraction of sp³-hybridized carbons (Fsp3) is 0.429. The number of aliphatic hydroxyl groups excluding tert-OH is 1. The average Bonchev–Trinajstić information content (AvgIpc) is 2.65. The minimum absolute atomic E-state index is 0.147. The highest BCUT2D eigenvalue weighted by Gasteiger charge is 2.29. The van der Waals surface area contributed by atoms with E-state index in [9.17, 15) is 5.11 Å². The third-order valence-corrected chi connectivity index (χ3v) is 5.14. The van der Waals surface area contributed by atoms with E-state index in [2.05, 4.69) is 29.2 Å². The monoisotopic (exact) mass is 356 g/mol. The maximum absolute atomic E-state index is 10.5. The Morgan fingerprint density at radius 1 is 1.12 bits per heavy atom. The van der Waals surface area contributed by atoms with E-state index < -0.39 is 0 Å². The molecule has 1 fully saturated rings. The molecule has 2 unspecified atom stereocenters. The van der Waals surface area contributed by atoms with Gasteiger partial charge >= 0.3 is 0 Å². The van der Waals surface area contributed by atoms with Crippen LogP contribution in [0.3, 0.4) is 0 Å². The van der Waals surface area contributed by atoms with Gasteiger partial charge in [-0.1, -0.05) is 30.3 Å². The van der Waals surface area contributed by atoms with Crippen molar-refractivity contribution in [2.75, 3.05) is 33.0 Å². The molecular weight excluding hydrogens is 328 g/mol. The molecule has 3 rings (SSSR count). The molecule has 1 aliphatic rings. The summed E-state index contributed by atoms with van der Waals surface area (Å²) in [5.41, 5.74) is 8.97. The lowest BCUT2D eigenvalue weighted by molar-refractivity contribution is 0.0237. The van der Waals surface area contributed by atoms with Gasteiger partial charge in [0.2, 0.25) is 0 Å². The second kappa shape index (κ2) is 8.43. The van der Waals surface area contributed by atoms with Crippen LogP contribution in [0.15, 0.2) is 42.5 Å². The number of piperidine rings is 1. The highest BCUT2D eigenvalue weighted by Crippen LogP contribution is 2.34. The molecule has 1 heterocycles. The minimum Gasteiger partial charge on any atom is -0.496 e. The first-order valence-electron chi connectivity index (χ1n) is 9.05. The van der Waals surface area contributed by atoms with Crippen molar-refractivity contribution in [1.82, 2.24) is 4.90 Å². The molecule has 0 aromatic heterocycles. The summed E-state index contributed by atoms with van der Waals surface area (Å²) in [7, 11) is 3.24. The maximum atomic E-state index is 10.5. The van der Waals surface area contributed by atoms with E-state index in [0.717, 1.165) is 43.8 Å². The lowest BCUT2D eigenvalue weighted by atomic mass is 9.88. The summed E-state index contributed by atoms with van der Waals surface area (Å²) in [6.45, 7) is 2.67. The molecule has 1 saturated heterocycles. The first-order chi connectivity index (χ1) is 12.6. The highest BCUT2D eigenvalue weighted by atomic mass is 16.5. The third-order valence-electron chi connectivity index (χ3n) is 5.14. The Morgan fingerprint density at radius 2 is 1.85 bits per heavy atom. The molecule has 1 aliphatic heterocycles. The summed E-state index contributed by atoms with van der Waals surface area (Å²) in [6.07, 6.45) is 1.20. The molecule has 2 aromatic carbocycles. The number of benzene rings is 2. The predicted molar refractivity (Wildman–Crippen MR) is 103 cm³/mol. The number of rotatable bonds is 6. The SMILES string of the molecule is COc1cc(OC)c(CC2CN(Cc3ccccc3)CCC2O)cc1N. The van der Waals surface area contributed by atoms with Gasteiger partial charge in [0.05, 0.1) is 26.0 Å². The molecule has 0 radical (unpaired) electrons. The number of anilines is 1. The summed E-state index contributed by atoms with van der Waals surface area (Å²) >= 11 is 0. The molecule has 3 N–H and O–H groups in total. The van der Waals surface area contributed by atoms with Gasteiger partial charge in [-0.05, 0) is 30.0 Å². The largest absolute Gasteiger partial charge is 0.496 e. The minimum atomic E-state index is -0.310. The van der Waals surface area contributed by atoms with E-state index in [1.165, 1.54) is 5.56 Å². The van der Waals surface area contributed by atoms with Crippen molar-refractivity contribution in [2.24, 2.45) is 5.92 Å². The van der Waals surface area contributed by atoms with Crippen molar-refractivity contribution in [3.8, 4) is 11.5 Å². The van der Waals surface area contributed by atoms with Crippen LogP contribution in [-0.2, 0) is 13.0 Å². The smallest absolute Gasteiger partial charge is 0.145 e. The van der Waals surface area contributed by atoms with E-state index in [1.54, 1.807) is 14.2 Å². The van der Waals surface area contributed by atoms with Crippen molar-refractivity contribution in [1.29, 1.82) is 0 Å². The number of nitrogen functional groups attached to an aromatic ring is 1. The number of nitrogens with zero attached hydrogens (tertiary/aromatic N) is 1. The molecule has 0 spiro atoms. The van der Waals surface area contributed by atoms with Gasteiger partial charge in [0, 0.05) is 31.6 Å². The van der Waals surface area contributed by atoms with Gasteiger partial charge in [0.1, 0.15) is 11.5 Å². The van der Waals surface area contributed by atoms with Crippen LogP contribution >= 0.6 is 0 Å². The molecule has 0 amide bonds. The van der Waals surface area contributed by atoms with Gasteiger partial charge in [0.25, 0.3) is 0 Å². The Hall–Kier alpha value is -2.24. The predicted octanol–water partition coefficient (Wildman–Crippen LogP) is 2.71. The summed E-state index contributed by atoms with van der Waals surface area (Å²) in [6, 6.07) is 14.2. The Bertz CT molecular complexity index is 721. The quantitative estimate of drug-likeness (QED) is 0.779. The fourth-order valence-corrected chi connectivity index (χ4v) is 3.71. The van der Waals surface area contributed by atoms with E-state index >= 15 is 0 Å². The first kappa shape index (κ1) is 18.5. The number of hydrogen-bond donors (Lipinski definition) is 2. The highest BCUT2D eigenvalue weighted by molar-refractivity contribution is 5.59. The van der Waals surface area contributed by atoms with Crippen LogP contribution in [0.4, 0.5) is 5.69 Å². The topological polar surface area (TPSA) is 68.0 Å². The zero-order valence-electron chi connectivity index (χ0n) is 15.5. The number of nitrogens with two attached hydrogens (primary N) is 1. The van der Waals surface area contributed by atoms with Gasteiger partial charge < -0.3 is 20.3 Å². The second-order valence-corrected chi connectivity index (χ2v) is 6.95. The number of ether oxygens (including phenoxy) is 2. The second-order valence-electron chi connectivity index (χ2n) is 6.95. The Balaban J connectivity index is 1.72. The van der Waals surface area contributed by atoms with Gasteiger partial charge in [-0.3, -0.25) is 4.90 Å². The molecule has 2 aromatic rings. The van der Waals surface area contributed by atoms with Crippen LogP contribution < -0.4 is 15.2 Å². The van der Waals surface area contributed by atoms with Crippen molar-refractivity contribution < 1.29 is 14.6 Å². The van der Waals surface area contributed by atoms with Gasteiger partial charge in [-0.2, -0.15) is 0 Å². The van der Waals surface area contributed by atoms with Crippen LogP contribution in [0.5, 0.6) is 11.5 Å². The summed E-state index contributed by atoms with van der Waals surface area (Å²) in [5.74, 6) is 1.51. The summed E-state index contributed by atoms with van der Waals surface area (Å²) in [4.78, 5) is 2.41. The Morgan fingerprint density at radius 3 is 2.54 bits per heavy atom. The first-order valence-corrected chi connectivity index (χ1v) is 9.05. The lowest BCUT2D eigenvalue weighted by Crippen LogP contribution is -2.43. The molecular formula is C21H28N2O3. The van der Waals surface area contributed by atoms with Crippen molar-refractivity contribution in [2.45, 2.75) is 25.5 Å². The normalized spacial score (nSPS) is 20.7. The summed E-state index contributed by atoms with van der Waals surface area (Å²) < 4.78 is 10.8. The van der Waals surface area contributed by atoms with E-state index in [0.29, 0.717) is 11.4 Å². The molecule has 2 atom stereocenters. The van der Waals surface area contributed by atoms with E-state index in [-0.39, 0.29) is 12.0 Å².